The van der Waals surface area contributed by atoms with Crippen molar-refractivity contribution in [2.45, 2.75) is 13.0 Å². The quantitative estimate of drug-likeness (QED) is 0.612. The molecule has 0 radical (unpaired) electrons. The summed E-state index contributed by atoms with van der Waals surface area (Å²) in [4.78, 5) is 21.0. The van der Waals surface area contributed by atoms with E-state index in [9.17, 15) is 4.79 Å². The lowest BCUT2D eigenvalue weighted by Crippen LogP contribution is -2.27. The van der Waals surface area contributed by atoms with Crippen LogP contribution in [0.5, 0.6) is 0 Å². The van der Waals surface area contributed by atoms with E-state index in [4.69, 9.17) is 0 Å². The molecule has 0 bridgehead atoms. The number of hydrogen-bond donors (Lipinski definition) is 1. The molecule has 1 amide bonds. The van der Waals surface area contributed by atoms with Crippen LogP contribution in [0.25, 0.3) is 16.6 Å². The van der Waals surface area contributed by atoms with Crippen LogP contribution in [0.2, 0.25) is 0 Å². The molecule has 4 rings (SSSR count). The minimum Gasteiger partial charge on any atom is -0.344 e. The summed E-state index contributed by atoms with van der Waals surface area (Å²) in [6.07, 6.45) is 5.39. The minimum atomic E-state index is -0.179. The Morgan fingerprint density at radius 3 is 2.62 bits per heavy atom. The lowest BCUT2D eigenvalue weighted by atomic mass is 10.1. The molecule has 1 N–H and O–H groups in total. The van der Waals surface area contributed by atoms with Gasteiger partial charge in [-0.3, -0.25) is 4.79 Å². The van der Waals surface area contributed by atoms with Crippen LogP contribution in [0.3, 0.4) is 0 Å². The lowest BCUT2D eigenvalue weighted by molar-refractivity contribution is 0.0935. The van der Waals surface area contributed by atoms with Crippen LogP contribution in [0.4, 0.5) is 0 Å². The second-order valence-corrected chi connectivity index (χ2v) is 6.15. The highest BCUT2D eigenvalue weighted by Gasteiger charge is 2.13. The van der Waals surface area contributed by atoms with Crippen LogP contribution in [-0.4, -0.2) is 20.4 Å². The number of hydrogen-bond acceptors (Lipinski definition) is 3. The number of rotatable bonds is 4. The van der Waals surface area contributed by atoms with Gasteiger partial charge in [-0.05, 0) is 36.8 Å². The van der Waals surface area contributed by atoms with Gasteiger partial charge < -0.3 is 9.88 Å². The largest absolute Gasteiger partial charge is 0.344 e. The molecule has 5 nitrogen and oxygen atoms in total. The first-order chi connectivity index (χ1) is 12.7. The molecule has 0 fully saturated rings. The standard InChI is InChI=1S/C21H18N4O/c1-15(16-6-9-18(10-7-16)25-13-12-22-14-25)23-21(26)20-11-8-17-4-2-3-5-19(17)24-20/h2-15H,1H3,(H,23,26). The number of nitrogens with one attached hydrogen (secondary N) is 1. The monoisotopic (exact) mass is 342 g/mol. The molecule has 0 saturated heterocycles. The SMILES string of the molecule is CC(NC(=O)c1ccc2ccccc2n1)c1ccc(-n2ccnc2)cc1. The van der Waals surface area contributed by atoms with Gasteiger partial charge in [0.25, 0.3) is 5.91 Å². The summed E-state index contributed by atoms with van der Waals surface area (Å²) in [7, 11) is 0. The summed E-state index contributed by atoms with van der Waals surface area (Å²) in [5.74, 6) is -0.179. The second kappa shape index (κ2) is 6.80. The summed E-state index contributed by atoms with van der Waals surface area (Å²) < 4.78 is 1.94. The van der Waals surface area contributed by atoms with Gasteiger partial charge in [0, 0.05) is 23.5 Å². The van der Waals surface area contributed by atoms with Gasteiger partial charge in [-0.25, -0.2) is 9.97 Å². The molecule has 2 aromatic carbocycles. The third-order valence-electron chi connectivity index (χ3n) is 4.37. The first-order valence-corrected chi connectivity index (χ1v) is 8.46. The topological polar surface area (TPSA) is 59.8 Å². The number of amides is 1. The number of carbonyl (C=O) groups excluding carboxylic acids is 1. The third kappa shape index (κ3) is 3.19. The number of para-hydroxylation sites is 1. The van der Waals surface area contributed by atoms with Crippen molar-refractivity contribution in [2.24, 2.45) is 0 Å². The van der Waals surface area contributed by atoms with Crippen molar-refractivity contribution in [3.63, 3.8) is 0 Å². The molecule has 0 aliphatic rings. The smallest absolute Gasteiger partial charge is 0.270 e. The molecule has 26 heavy (non-hydrogen) atoms. The third-order valence-corrected chi connectivity index (χ3v) is 4.37. The summed E-state index contributed by atoms with van der Waals surface area (Å²) in [5.41, 5.74) is 3.30. The molecule has 2 heterocycles. The Morgan fingerprint density at radius 2 is 1.85 bits per heavy atom. The van der Waals surface area contributed by atoms with Crippen molar-refractivity contribution in [1.29, 1.82) is 0 Å². The zero-order chi connectivity index (χ0) is 17.9. The number of aromatic nitrogens is 3. The predicted octanol–water partition coefficient (Wildman–Crippen LogP) is 3.91. The molecule has 5 heteroatoms. The number of nitrogens with zero attached hydrogens (tertiary/aromatic N) is 3. The number of pyridine rings is 1. The highest BCUT2D eigenvalue weighted by Crippen LogP contribution is 2.17. The molecule has 128 valence electrons. The van der Waals surface area contributed by atoms with Gasteiger partial charge in [0.2, 0.25) is 0 Å². The van der Waals surface area contributed by atoms with Gasteiger partial charge in [0.05, 0.1) is 17.9 Å². The number of benzene rings is 2. The van der Waals surface area contributed by atoms with Gasteiger partial charge in [-0.1, -0.05) is 36.4 Å². The van der Waals surface area contributed by atoms with Crippen LogP contribution in [0.1, 0.15) is 29.0 Å². The number of carbonyl (C=O) groups is 1. The van der Waals surface area contributed by atoms with Crippen molar-refractivity contribution < 1.29 is 4.79 Å². The molecule has 1 atom stereocenters. The van der Waals surface area contributed by atoms with Crippen LogP contribution < -0.4 is 5.32 Å². The van der Waals surface area contributed by atoms with Gasteiger partial charge in [-0.2, -0.15) is 0 Å². The zero-order valence-corrected chi connectivity index (χ0v) is 14.3. The zero-order valence-electron chi connectivity index (χ0n) is 14.3. The first kappa shape index (κ1) is 16.0. The van der Waals surface area contributed by atoms with Gasteiger partial charge in [0.1, 0.15) is 5.69 Å². The number of fused-ring (bicyclic) bond motifs is 1. The predicted molar refractivity (Wildman–Crippen MR) is 101 cm³/mol. The van der Waals surface area contributed by atoms with E-state index in [2.05, 4.69) is 15.3 Å². The normalized spacial score (nSPS) is 12.0. The number of imidazole rings is 1. The van der Waals surface area contributed by atoms with E-state index in [0.717, 1.165) is 22.2 Å². The summed E-state index contributed by atoms with van der Waals surface area (Å²) in [6.45, 7) is 1.96. The van der Waals surface area contributed by atoms with Gasteiger partial charge >= 0.3 is 0 Å². The fourth-order valence-electron chi connectivity index (χ4n) is 2.89. The highest BCUT2D eigenvalue weighted by atomic mass is 16.1. The molecule has 1 unspecified atom stereocenters. The van der Waals surface area contributed by atoms with Crippen LogP contribution in [0.15, 0.2) is 79.4 Å². The van der Waals surface area contributed by atoms with E-state index in [1.54, 1.807) is 18.6 Å². The van der Waals surface area contributed by atoms with Crippen LogP contribution >= 0.6 is 0 Å². The van der Waals surface area contributed by atoms with Crippen molar-refractivity contribution >= 4 is 16.8 Å². The van der Waals surface area contributed by atoms with Crippen molar-refractivity contribution in [3.8, 4) is 5.69 Å². The molecule has 0 aliphatic carbocycles. The Labute approximate surface area is 151 Å². The second-order valence-electron chi connectivity index (χ2n) is 6.15. The van der Waals surface area contributed by atoms with Crippen molar-refractivity contribution in [2.75, 3.05) is 0 Å². The van der Waals surface area contributed by atoms with Gasteiger partial charge in [-0.15, -0.1) is 0 Å². The maximum absolute atomic E-state index is 12.5. The maximum Gasteiger partial charge on any atom is 0.270 e. The van der Waals surface area contributed by atoms with Crippen LogP contribution in [0, 0.1) is 0 Å². The van der Waals surface area contributed by atoms with Crippen LogP contribution in [-0.2, 0) is 0 Å². The molecule has 2 aromatic heterocycles. The Morgan fingerprint density at radius 1 is 1.04 bits per heavy atom. The highest BCUT2D eigenvalue weighted by molar-refractivity contribution is 5.95. The van der Waals surface area contributed by atoms with Crippen molar-refractivity contribution in [3.05, 3.63) is 90.6 Å². The Bertz CT molecular complexity index is 1040. The molecular weight excluding hydrogens is 324 g/mol. The van der Waals surface area contributed by atoms with E-state index >= 15 is 0 Å². The molecular formula is C21H18N4O. The average Bonchev–Trinajstić information content (AvgIpc) is 3.22. The summed E-state index contributed by atoms with van der Waals surface area (Å²) in [6, 6.07) is 19.4. The van der Waals surface area contributed by atoms with E-state index in [1.807, 2.05) is 72.3 Å². The van der Waals surface area contributed by atoms with E-state index in [-0.39, 0.29) is 11.9 Å². The first-order valence-electron chi connectivity index (χ1n) is 8.46. The van der Waals surface area contributed by atoms with Crippen molar-refractivity contribution in [1.82, 2.24) is 19.9 Å². The summed E-state index contributed by atoms with van der Waals surface area (Å²) >= 11 is 0. The fourth-order valence-corrected chi connectivity index (χ4v) is 2.89. The Kier molecular flexibility index (Phi) is 4.19. The molecule has 0 saturated carbocycles. The summed E-state index contributed by atoms with van der Waals surface area (Å²) in [5, 5.41) is 4.03. The Hall–Kier alpha value is -3.47. The lowest BCUT2D eigenvalue weighted by Gasteiger charge is -2.15. The molecule has 0 spiro atoms. The Balaban J connectivity index is 1.49. The molecule has 0 aliphatic heterocycles. The van der Waals surface area contributed by atoms with E-state index < -0.39 is 0 Å². The average molecular weight is 342 g/mol. The van der Waals surface area contributed by atoms with E-state index in [1.165, 1.54) is 0 Å². The van der Waals surface area contributed by atoms with E-state index in [0.29, 0.717) is 5.69 Å². The fraction of sp³-hybridized carbons (Fsp3) is 0.0952. The minimum absolute atomic E-state index is 0.118. The maximum atomic E-state index is 12.5. The molecule has 4 aromatic rings. The van der Waals surface area contributed by atoms with Gasteiger partial charge in [0.15, 0.2) is 0 Å².